The van der Waals surface area contributed by atoms with Gasteiger partial charge in [0.05, 0.1) is 5.69 Å². The van der Waals surface area contributed by atoms with Crippen molar-refractivity contribution in [2.24, 2.45) is 0 Å². The van der Waals surface area contributed by atoms with Crippen LogP contribution in [0, 0.1) is 6.92 Å². The second kappa shape index (κ2) is 4.58. The van der Waals surface area contributed by atoms with Gasteiger partial charge in [-0.15, -0.1) is 0 Å². The van der Waals surface area contributed by atoms with Crippen molar-refractivity contribution in [1.29, 1.82) is 0 Å². The van der Waals surface area contributed by atoms with Crippen LogP contribution in [0.4, 0.5) is 0 Å². The molecule has 0 saturated heterocycles. The van der Waals surface area contributed by atoms with Gasteiger partial charge in [-0.05, 0) is 36.2 Å². The highest BCUT2D eigenvalue weighted by atomic mass is 79.9. The highest BCUT2D eigenvalue weighted by molar-refractivity contribution is 9.10. The zero-order valence-electron chi connectivity index (χ0n) is 10.1. The molecule has 2 aromatic heterocycles. The summed E-state index contributed by atoms with van der Waals surface area (Å²) >= 11 is 3.49. The van der Waals surface area contributed by atoms with Gasteiger partial charge in [0.15, 0.2) is 0 Å². The molecule has 0 aliphatic heterocycles. The smallest absolute Gasteiger partial charge is 0.137 e. The molecule has 0 N–H and O–H groups in total. The highest BCUT2D eigenvalue weighted by Crippen LogP contribution is 2.15. The topological polar surface area (TPSA) is 17.3 Å². The maximum atomic E-state index is 4.63. The van der Waals surface area contributed by atoms with Crippen molar-refractivity contribution < 1.29 is 0 Å². The second-order valence-corrected chi connectivity index (χ2v) is 5.43. The van der Waals surface area contributed by atoms with E-state index in [1.54, 1.807) is 0 Å². The third-order valence-corrected chi connectivity index (χ3v) is 3.42. The van der Waals surface area contributed by atoms with Crippen LogP contribution < -0.4 is 0 Å². The van der Waals surface area contributed by atoms with E-state index in [1.165, 1.54) is 11.1 Å². The third kappa shape index (κ3) is 2.31. The first-order valence-corrected chi connectivity index (χ1v) is 6.69. The van der Waals surface area contributed by atoms with Crippen LogP contribution in [0.5, 0.6) is 0 Å². The molecular weight excluding hydrogens is 288 g/mol. The SMILES string of the molecule is Cc1ccc2nc(Cc3cccc(Br)c3)cn2c1. The van der Waals surface area contributed by atoms with Crippen molar-refractivity contribution in [3.8, 4) is 0 Å². The maximum Gasteiger partial charge on any atom is 0.137 e. The third-order valence-electron chi connectivity index (χ3n) is 2.92. The summed E-state index contributed by atoms with van der Waals surface area (Å²) in [4.78, 5) is 4.63. The van der Waals surface area contributed by atoms with Gasteiger partial charge in [0.1, 0.15) is 5.65 Å². The molecule has 0 amide bonds. The first kappa shape index (κ1) is 11.5. The van der Waals surface area contributed by atoms with Gasteiger partial charge < -0.3 is 4.40 Å². The number of halogens is 1. The Morgan fingerprint density at radius 1 is 1.17 bits per heavy atom. The van der Waals surface area contributed by atoms with Crippen molar-refractivity contribution in [1.82, 2.24) is 9.38 Å². The van der Waals surface area contributed by atoms with Gasteiger partial charge in [0.2, 0.25) is 0 Å². The molecule has 0 spiro atoms. The van der Waals surface area contributed by atoms with E-state index in [0.717, 1.165) is 22.2 Å². The number of nitrogens with zero attached hydrogens (tertiary/aromatic N) is 2. The van der Waals surface area contributed by atoms with Gasteiger partial charge in [-0.25, -0.2) is 4.98 Å². The van der Waals surface area contributed by atoms with E-state index in [9.17, 15) is 0 Å². The second-order valence-electron chi connectivity index (χ2n) is 4.51. The first-order chi connectivity index (χ1) is 8.70. The van der Waals surface area contributed by atoms with E-state index in [2.05, 4.69) is 75.0 Å². The summed E-state index contributed by atoms with van der Waals surface area (Å²) in [7, 11) is 0. The van der Waals surface area contributed by atoms with E-state index in [0.29, 0.717) is 0 Å². The number of pyridine rings is 1. The van der Waals surface area contributed by atoms with E-state index in [4.69, 9.17) is 0 Å². The van der Waals surface area contributed by atoms with Gasteiger partial charge in [0.25, 0.3) is 0 Å². The Balaban J connectivity index is 1.95. The van der Waals surface area contributed by atoms with Gasteiger partial charge in [-0.3, -0.25) is 0 Å². The minimum Gasteiger partial charge on any atom is -0.307 e. The Morgan fingerprint density at radius 3 is 2.89 bits per heavy atom. The van der Waals surface area contributed by atoms with Gasteiger partial charge in [0, 0.05) is 23.3 Å². The van der Waals surface area contributed by atoms with E-state index < -0.39 is 0 Å². The Kier molecular flexibility index (Phi) is 2.92. The largest absolute Gasteiger partial charge is 0.307 e. The lowest BCUT2D eigenvalue weighted by molar-refractivity contribution is 1.11. The summed E-state index contributed by atoms with van der Waals surface area (Å²) in [5.41, 5.74) is 4.61. The summed E-state index contributed by atoms with van der Waals surface area (Å²) < 4.78 is 3.20. The molecule has 0 saturated carbocycles. The number of hydrogen-bond acceptors (Lipinski definition) is 1. The van der Waals surface area contributed by atoms with Crippen LogP contribution in [-0.2, 0) is 6.42 Å². The molecule has 0 unspecified atom stereocenters. The fourth-order valence-electron chi connectivity index (χ4n) is 2.10. The Hall–Kier alpha value is -1.61. The number of aromatic nitrogens is 2. The minimum atomic E-state index is 0.861. The van der Waals surface area contributed by atoms with Crippen molar-refractivity contribution in [2.45, 2.75) is 13.3 Å². The summed E-state index contributed by atoms with van der Waals surface area (Å²) in [5, 5.41) is 0. The molecule has 0 radical (unpaired) electrons. The van der Waals surface area contributed by atoms with E-state index in [1.807, 2.05) is 6.07 Å². The number of fused-ring (bicyclic) bond motifs is 1. The Labute approximate surface area is 114 Å². The highest BCUT2D eigenvalue weighted by Gasteiger charge is 2.03. The molecule has 0 fully saturated rings. The van der Waals surface area contributed by atoms with Crippen molar-refractivity contribution in [3.63, 3.8) is 0 Å². The van der Waals surface area contributed by atoms with Crippen LogP contribution in [0.15, 0.2) is 53.3 Å². The minimum absolute atomic E-state index is 0.861. The molecule has 3 heteroatoms. The summed E-state index contributed by atoms with van der Waals surface area (Å²) in [6.45, 7) is 2.09. The van der Waals surface area contributed by atoms with Gasteiger partial charge in [-0.1, -0.05) is 34.1 Å². The van der Waals surface area contributed by atoms with Crippen LogP contribution in [-0.4, -0.2) is 9.38 Å². The quantitative estimate of drug-likeness (QED) is 0.699. The maximum absolute atomic E-state index is 4.63. The monoisotopic (exact) mass is 300 g/mol. The average Bonchev–Trinajstić information content (AvgIpc) is 2.70. The van der Waals surface area contributed by atoms with Crippen LogP contribution in [0.1, 0.15) is 16.8 Å². The van der Waals surface area contributed by atoms with Crippen LogP contribution in [0.2, 0.25) is 0 Å². The number of aryl methyl sites for hydroxylation is 1. The summed E-state index contributed by atoms with van der Waals surface area (Å²) in [6, 6.07) is 12.5. The molecule has 2 heterocycles. The van der Waals surface area contributed by atoms with Crippen LogP contribution in [0.25, 0.3) is 5.65 Å². The zero-order chi connectivity index (χ0) is 12.5. The van der Waals surface area contributed by atoms with Crippen molar-refractivity contribution in [2.75, 3.05) is 0 Å². The molecule has 0 aliphatic rings. The fraction of sp³-hybridized carbons (Fsp3) is 0.133. The summed E-state index contributed by atoms with van der Waals surface area (Å²) in [6.07, 6.45) is 5.07. The van der Waals surface area contributed by atoms with E-state index >= 15 is 0 Å². The molecule has 3 rings (SSSR count). The molecular formula is C15H13BrN2. The Morgan fingerprint density at radius 2 is 2.06 bits per heavy atom. The first-order valence-electron chi connectivity index (χ1n) is 5.89. The van der Waals surface area contributed by atoms with Gasteiger partial charge in [-0.2, -0.15) is 0 Å². The molecule has 18 heavy (non-hydrogen) atoms. The molecule has 90 valence electrons. The predicted molar refractivity (Wildman–Crippen MR) is 76.9 cm³/mol. The number of benzene rings is 1. The predicted octanol–water partition coefficient (Wildman–Crippen LogP) is 4.00. The number of hydrogen-bond donors (Lipinski definition) is 0. The van der Waals surface area contributed by atoms with Gasteiger partial charge >= 0.3 is 0 Å². The van der Waals surface area contributed by atoms with Crippen LogP contribution in [0.3, 0.4) is 0 Å². The lowest BCUT2D eigenvalue weighted by Crippen LogP contribution is -1.87. The fourth-order valence-corrected chi connectivity index (χ4v) is 2.54. The molecule has 0 bridgehead atoms. The van der Waals surface area contributed by atoms with Crippen molar-refractivity contribution in [3.05, 3.63) is 70.1 Å². The van der Waals surface area contributed by atoms with Crippen molar-refractivity contribution >= 4 is 21.6 Å². The van der Waals surface area contributed by atoms with Crippen LogP contribution >= 0.6 is 15.9 Å². The zero-order valence-corrected chi connectivity index (χ0v) is 11.7. The standard InChI is InChI=1S/C15H13BrN2/c1-11-5-6-15-17-14(10-18(15)9-11)8-12-3-2-4-13(16)7-12/h2-7,9-10H,8H2,1H3. The number of imidazole rings is 1. The normalized spacial score (nSPS) is 11.0. The average molecular weight is 301 g/mol. The Bertz CT molecular complexity index is 701. The molecule has 2 nitrogen and oxygen atoms in total. The number of rotatable bonds is 2. The molecule has 3 aromatic rings. The molecule has 1 aromatic carbocycles. The molecule has 0 aliphatic carbocycles. The summed E-state index contributed by atoms with van der Waals surface area (Å²) in [5.74, 6) is 0. The lowest BCUT2D eigenvalue weighted by Gasteiger charge is -1.98. The van der Waals surface area contributed by atoms with E-state index in [-0.39, 0.29) is 0 Å². The molecule has 0 atom stereocenters. The lowest BCUT2D eigenvalue weighted by atomic mass is 10.1.